The van der Waals surface area contributed by atoms with Crippen LogP contribution < -0.4 is 10.2 Å². The summed E-state index contributed by atoms with van der Waals surface area (Å²) in [5.74, 6) is 0. The van der Waals surface area contributed by atoms with E-state index in [2.05, 4.69) is 36.1 Å². The van der Waals surface area contributed by atoms with Gasteiger partial charge in [-0.05, 0) is 52.7 Å². The molecule has 2 unspecified atom stereocenters. The van der Waals surface area contributed by atoms with Gasteiger partial charge in [-0.2, -0.15) is 0 Å². The molecule has 21 heavy (non-hydrogen) atoms. The Morgan fingerprint density at radius 1 is 1.33 bits per heavy atom. The minimum absolute atomic E-state index is 0.466. The summed E-state index contributed by atoms with van der Waals surface area (Å²) in [5.41, 5.74) is 1.33. The molecule has 2 heterocycles. The van der Waals surface area contributed by atoms with Crippen molar-refractivity contribution in [3.05, 3.63) is 10.6 Å². The molecule has 0 amide bonds. The van der Waals surface area contributed by atoms with Crippen LogP contribution in [-0.4, -0.2) is 49.7 Å². The van der Waals surface area contributed by atoms with Crippen molar-refractivity contribution in [2.45, 2.75) is 51.1 Å². The first kappa shape index (κ1) is 15.3. The lowest BCUT2D eigenvalue weighted by molar-refractivity contribution is 0.328. The number of likely N-dealkylation sites (N-methyl/N-ethyl adjacent to an activating group) is 1. The van der Waals surface area contributed by atoms with Gasteiger partial charge in [0.2, 0.25) is 0 Å². The van der Waals surface area contributed by atoms with E-state index in [-0.39, 0.29) is 0 Å². The number of nitrogens with one attached hydrogen (secondary N) is 1. The van der Waals surface area contributed by atoms with Gasteiger partial charge in [-0.15, -0.1) is 11.3 Å². The highest BCUT2D eigenvalue weighted by Gasteiger charge is 2.29. The number of hydrogen-bond acceptors (Lipinski definition) is 5. The van der Waals surface area contributed by atoms with E-state index in [1.165, 1.54) is 54.4 Å². The monoisotopic (exact) mass is 308 g/mol. The molecule has 3 rings (SSSR count). The molecule has 1 aromatic rings. The maximum Gasteiger partial charge on any atom is 0.186 e. The van der Waals surface area contributed by atoms with E-state index in [1.54, 1.807) is 0 Å². The van der Waals surface area contributed by atoms with Gasteiger partial charge in [-0.25, -0.2) is 4.98 Å². The van der Waals surface area contributed by atoms with Gasteiger partial charge in [0.15, 0.2) is 5.13 Å². The molecule has 0 spiro atoms. The minimum atomic E-state index is 0.466. The molecule has 2 aliphatic rings. The van der Waals surface area contributed by atoms with Crippen LogP contribution in [0.5, 0.6) is 0 Å². The largest absolute Gasteiger partial charge is 0.344 e. The van der Waals surface area contributed by atoms with Crippen molar-refractivity contribution in [3.63, 3.8) is 0 Å². The highest BCUT2D eigenvalue weighted by molar-refractivity contribution is 7.15. The molecule has 1 N–H and O–H groups in total. The summed E-state index contributed by atoms with van der Waals surface area (Å²) in [4.78, 5) is 11.6. The minimum Gasteiger partial charge on any atom is -0.344 e. The predicted octanol–water partition coefficient (Wildman–Crippen LogP) is 2.66. The lowest BCUT2D eigenvalue weighted by atomic mass is 9.98. The number of anilines is 1. The molecule has 0 bridgehead atoms. The number of aryl methyl sites for hydroxylation is 1. The van der Waals surface area contributed by atoms with Crippen LogP contribution in [-0.2, 0) is 6.42 Å². The van der Waals surface area contributed by atoms with Crippen LogP contribution in [0, 0.1) is 0 Å². The standard InChI is InChI=1S/C16H28N4S/c1-4-12-11-19(3)9-6-10-20(12)16-18-15-13(17-2)7-5-8-14(15)21-16/h12-13,17H,4-11H2,1-3H3. The molecule has 1 aliphatic heterocycles. The molecule has 1 fully saturated rings. The maximum atomic E-state index is 5.06. The van der Waals surface area contributed by atoms with Gasteiger partial charge >= 0.3 is 0 Å². The molecule has 0 aromatic carbocycles. The number of nitrogens with zero attached hydrogens (tertiary/aromatic N) is 3. The van der Waals surface area contributed by atoms with Gasteiger partial charge in [-0.3, -0.25) is 0 Å². The zero-order valence-electron chi connectivity index (χ0n) is 13.6. The van der Waals surface area contributed by atoms with Crippen LogP contribution in [0.1, 0.15) is 49.2 Å². The zero-order valence-corrected chi connectivity index (χ0v) is 14.4. The first-order chi connectivity index (χ1) is 10.2. The van der Waals surface area contributed by atoms with Crippen molar-refractivity contribution >= 4 is 16.5 Å². The molecule has 118 valence electrons. The fourth-order valence-electron chi connectivity index (χ4n) is 3.65. The normalized spacial score (nSPS) is 27.5. The average Bonchev–Trinajstić information content (AvgIpc) is 2.83. The number of thiazole rings is 1. The summed E-state index contributed by atoms with van der Waals surface area (Å²) in [6, 6.07) is 1.08. The van der Waals surface area contributed by atoms with E-state index >= 15 is 0 Å². The Labute approximate surface area is 132 Å². The number of fused-ring (bicyclic) bond motifs is 1. The molecule has 1 aliphatic carbocycles. The van der Waals surface area contributed by atoms with Crippen molar-refractivity contribution in [2.24, 2.45) is 0 Å². The van der Waals surface area contributed by atoms with Crippen LogP contribution in [0.15, 0.2) is 0 Å². The summed E-state index contributed by atoms with van der Waals surface area (Å²) in [6.45, 7) is 5.83. The first-order valence-electron chi connectivity index (χ1n) is 8.35. The highest BCUT2D eigenvalue weighted by Crippen LogP contribution is 2.37. The second-order valence-electron chi connectivity index (χ2n) is 6.41. The fourth-order valence-corrected chi connectivity index (χ4v) is 4.91. The Kier molecular flexibility index (Phi) is 4.82. The highest BCUT2D eigenvalue weighted by atomic mass is 32.1. The van der Waals surface area contributed by atoms with Crippen molar-refractivity contribution in [3.8, 4) is 0 Å². The van der Waals surface area contributed by atoms with Crippen LogP contribution in [0.4, 0.5) is 5.13 Å². The summed E-state index contributed by atoms with van der Waals surface area (Å²) in [6.07, 6.45) is 6.18. The lowest BCUT2D eigenvalue weighted by Crippen LogP contribution is -2.39. The van der Waals surface area contributed by atoms with E-state index in [0.29, 0.717) is 12.1 Å². The van der Waals surface area contributed by atoms with Crippen molar-refractivity contribution in [1.82, 2.24) is 15.2 Å². The van der Waals surface area contributed by atoms with Crippen LogP contribution >= 0.6 is 11.3 Å². The Balaban J connectivity index is 1.87. The van der Waals surface area contributed by atoms with E-state index in [0.717, 1.165) is 13.1 Å². The Bertz CT molecular complexity index is 473. The summed E-state index contributed by atoms with van der Waals surface area (Å²) >= 11 is 1.95. The summed E-state index contributed by atoms with van der Waals surface area (Å²) in [7, 11) is 4.31. The molecule has 5 heteroatoms. The number of aromatic nitrogens is 1. The SMILES string of the molecule is CCC1CN(C)CCCN1c1nc2c(s1)CCCC2NC. The van der Waals surface area contributed by atoms with Gasteiger partial charge in [0.1, 0.15) is 0 Å². The first-order valence-corrected chi connectivity index (χ1v) is 9.16. The zero-order chi connectivity index (χ0) is 14.8. The van der Waals surface area contributed by atoms with Gasteiger partial charge in [0.25, 0.3) is 0 Å². The van der Waals surface area contributed by atoms with Crippen molar-refractivity contribution in [1.29, 1.82) is 0 Å². The molecule has 0 radical (unpaired) electrons. The second-order valence-corrected chi connectivity index (χ2v) is 7.47. The Morgan fingerprint density at radius 3 is 2.95 bits per heavy atom. The van der Waals surface area contributed by atoms with E-state index in [9.17, 15) is 0 Å². The summed E-state index contributed by atoms with van der Waals surface area (Å²) < 4.78 is 0. The number of hydrogen-bond donors (Lipinski definition) is 1. The van der Waals surface area contributed by atoms with E-state index in [1.807, 2.05) is 11.3 Å². The summed E-state index contributed by atoms with van der Waals surface area (Å²) in [5, 5.41) is 4.71. The molecular weight excluding hydrogens is 280 g/mol. The topological polar surface area (TPSA) is 31.4 Å². The van der Waals surface area contributed by atoms with Crippen molar-refractivity contribution in [2.75, 3.05) is 38.6 Å². The van der Waals surface area contributed by atoms with Crippen molar-refractivity contribution < 1.29 is 0 Å². The third-order valence-electron chi connectivity index (χ3n) is 4.91. The fraction of sp³-hybridized carbons (Fsp3) is 0.812. The van der Waals surface area contributed by atoms with Gasteiger partial charge in [0.05, 0.1) is 11.7 Å². The third kappa shape index (κ3) is 3.10. The predicted molar refractivity (Wildman–Crippen MR) is 90.4 cm³/mol. The van der Waals surface area contributed by atoms with Gasteiger partial charge in [-0.1, -0.05) is 6.92 Å². The second kappa shape index (κ2) is 6.63. The van der Waals surface area contributed by atoms with E-state index in [4.69, 9.17) is 4.98 Å². The molecule has 0 saturated carbocycles. The van der Waals surface area contributed by atoms with Gasteiger partial charge in [0, 0.05) is 24.0 Å². The molecular formula is C16H28N4S. The lowest BCUT2D eigenvalue weighted by Gasteiger charge is -2.29. The van der Waals surface area contributed by atoms with Gasteiger partial charge < -0.3 is 15.1 Å². The molecule has 1 aromatic heterocycles. The van der Waals surface area contributed by atoms with Crippen LogP contribution in [0.2, 0.25) is 0 Å². The maximum absolute atomic E-state index is 5.06. The van der Waals surface area contributed by atoms with Crippen LogP contribution in [0.25, 0.3) is 0 Å². The Hall–Kier alpha value is -0.650. The van der Waals surface area contributed by atoms with E-state index < -0.39 is 0 Å². The Morgan fingerprint density at radius 2 is 2.19 bits per heavy atom. The van der Waals surface area contributed by atoms with Crippen LogP contribution in [0.3, 0.4) is 0 Å². The number of rotatable bonds is 3. The molecule has 1 saturated heterocycles. The molecule has 2 atom stereocenters. The smallest absolute Gasteiger partial charge is 0.186 e. The molecule has 4 nitrogen and oxygen atoms in total. The quantitative estimate of drug-likeness (QED) is 0.930. The average molecular weight is 308 g/mol. The third-order valence-corrected chi connectivity index (χ3v) is 6.08.